The highest BCUT2D eigenvalue weighted by Gasteiger charge is 2.13. The number of nitrogens with zero attached hydrogens (tertiary/aromatic N) is 2. The third kappa shape index (κ3) is 5.55. The maximum atomic E-state index is 13.2. The van der Waals surface area contributed by atoms with Crippen molar-refractivity contribution in [1.29, 1.82) is 0 Å². The molecule has 0 aliphatic rings. The number of fused-ring (bicyclic) bond motifs is 1. The van der Waals surface area contributed by atoms with Crippen molar-refractivity contribution in [3.8, 4) is 0 Å². The fraction of sp³-hybridized carbons (Fsp3) is 0.214. The van der Waals surface area contributed by atoms with E-state index in [2.05, 4.69) is 48.0 Å². The van der Waals surface area contributed by atoms with Gasteiger partial charge in [-0.25, -0.2) is 9.82 Å². The average molecular weight is 442 g/mol. The third-order valence-corrected chi connectivity index (χ3v) is 5.66. The van der Waals surface area contributed by atoms with Gasteiger partial charge in [0.05, 0.1) is 12.6 Å². The molecule has 0 aliphatic heterocycles. The number of benzene rings is 3. The summed E-state index contributed by atoms with van der Waals surface area (Å²) in [5, 5.41) is 5.23. The monoisotopic (exact) mass is 441 g/mol. The zero-order valence-electron chi connectivity index (χ0n) is 19.2. The van der Waals surface area contributed by atoms with Gasteiger partial charge in [0, 0.05) is 29.2 Å². The van der Waals surface area contributed by atoms with Crippen molar-refractivity contribution in [1.82, 2.24) is 9.99 Å². The number of hydrogen-bond donors (Lipinski definition) is 1. The highest BCUT2D eigenvalue weighted by atomic mass is 19.1. The summed E-state index contributed by atoms with van der Waals surface area (Å²) >= 11 is 0. The molecule has 0 saturated heterocycles. The van der Waals surface area contributed by atoms with Gasteiger partial charge in [-0.2, -0.15) is 5.10 Å². The standard InChI is InChI=1S/C28H28FN3O/c1-28(2,3)23-12-8-20(9-13-23)16-27(33)31-30-17-22-19-32(26-7-5-4-6-25(22)26)18-21-10-14-24(29)15-11-21/h4-15,17,19H,16,18H2,1-3H3,(H,31,33)/b30-17-. The molecule has 0 radical (unpaired) electrons. The maximum absolute atomic E-state index is 13.2. The van der Waals surface area contributed by atoms with Gasteiger partial charge in [-0.3, -0.25) is 4.79 Å². The van der Waals surface area contributed by atoms with Crippen molar-refractivity contribution in [2.75, 3.05) is 0 Å². The summed E-state index contributed by atoms with van der Waals surface area (Å²) in [7, 11) is 0. The molecule has 1 heterocycles. The summed E-state index contributed by atoms with van der Waals surface area (Å²) in [6, 6.07) is 22.7. The molecule has 0 aliphatic carbocycles. The van der Waals surface area contributed by atoms with Gasteiger partial charge in [0.15, 0.2) is 0 Å². The van der Waals surface area contributed by atoms with Crippen molar-refractivity contribution in [2.45, 2.75) is 39.2 Å². The number of hydrazone groups is 1. The number of carbonyl (C=O) groups is 1. The van der Waals surface area contributed by atoms with Gasteiger partial charge in [0.2, 0.25) is 5.91 Å². The molecule has 168 valence electrons. The highest BCUT2D eigenvalue weighted by Crippen LogP contribution is 2.23. The number of rotatable bonds is 6. The molecule has 5 heteroatoms. The van der Waals surface area contributed by atoms with Gasteiger partial charge in [0.1, 0.15) is 5.82 Å². The number of nitrogens with one attached hydrogen (secondary N) is 1. The normalized spacial score (nSPS) is 11.9. The second-order valence-corrected chi connectivity index (χ2v) is 9.27. The number of amides is 1. The lowest BCUT2D eigenvalue weighted by Gasteiger charge is -2.19. The van der Waals surface area contributed by atoms with Crippen molar-refractivity contribution in [3.05, 3.63) is 107 Å². The topological polar surface area (TPSA) is 46.4 Å². The Labute approximate surface area is 193 Å². The maximum Gasteiger partial charge on any atom is 0.244 e. The number of halogens is 1. The number of carbonyl (C=O) groups excluding carboxylic acids is 1. The van der Waals surface area contributed by atoms with Crippen LogP contribution in [-0.2, 0) is 23.2 Å². The van der Waals surface area contributed by atoms with E-state index in [-0.39, 0.29) is 23.6 Å². The summed E-state index contributed by atoms with van der Waals surface area (Å²) in [6.45, 7) is 7.12. The first-order valence-electron chi connectivity index (χ1n) is 11.0. The first kappa shape index (κ1) is 22.5. The smallest absolute Gasteiger partial charge is 0.244 e. The molecule has 33 heavy (non-hydrogen) atoms. The summed E-state index contributed by atoms with van der Waals surface area (Å²) in [5.41, 5.74) is 7.87. The van der Waals surface area contributed by atoms with Crippen LogP contribution in [0.1, 0.15) is 43.0 Å². The first-order valence-corrected chi connectivity index (χ1v) is 11.0. The lowest BCUT2D eigenvalue weighted by molar-refractivity contribution is -0.120. The van der Waals surface area contributed by atoms with Crippen LogP contribution >= 0.6 is 0 Å². The Hall–Kier alpha value is -3.73. The van der Waals surface area contributed by atoms with Gasteiger partial charge in [-0.15, -0.1) is 0 Å². The lowest BCUT2D eigenvalue weighted by atomic mass is 9.86. The average Bonchev–Trinajstić information content (AvgIpc) is 3.12. The zero-order chi connectivity index (χ0) is 23.4. The van der Waals surface area contributed by atoms with E-state index >= 15 is 0 Å². The molecular weight excluding hydrogens is 413 g/mol. The molecule has 0 atom stereocenters. The molecule has 0 bridgehead atoms. The summed E-state index contributed by atoms with van der Waals surface area (Å²) in [5.74, 6) is -0.408. The van der Waals surface area contributed by atoms with Crippen LogP contribution in [-0.4, -0.2) is 16.7 Å². The second-order valence-electron chi connectivity index (χ2n) is 9.27. The van der Waals surface area contributed by atoms with Crippen LogP contribution in [0, 0.1) is 5.82 Å². The number of hydrogen-bond acceptors (Lipinski definition) is 2. The highest BCUT2D eigenvalue weighted by molar-refractivity contribution is 5.99. The minimum Gasteiger partial charge on any atom is -0.342 e. The minimum absolute atomic E-state index is 0.0843. The van der Waals surface area contributed by atoms with Crippen LogP contribution in [0.5, 0.6) is 0 Å². The fourth-order valence-corrected chi connectivity index (χ4v) is 3.82. The second kappa shape index (κ2) is 9.41. The Morgan fingerprint density at radius 2 is 1.64 bits per heavy atom. The van der Waals surface area contributed by atoms with Crippen LogP contribution in [0.25, 0.3) is 10.9 Å². The molecule has 0 spiro atoms. The van der Waals surface area contributed by atoms with Crippen molar-refractivity contribution >= 4 is 23.0 Å². The molecule has 0 fully saturated rings. The Morgan fingerprint density at radius 3 is 2.33 bits per heavy atom. The van der Waals surface area contributed by atoms with Crippen LogP contribution in [0.2, 0.25) is 0 Å². The SMILES string of the molecule is CC(C)(C)c1ccc(CC(=O)N/N=C\c2cn(Cc3ccc(F)cc3)c3ccccc23)cc1. The van der Waals surface area contributed by atoms with Crippen LogP contribution in [0.15, 0.2) is 84.1 Å². The van der Waals surface area contributed by atoms with Crippen molar-refractivity contribution in [2.24, 2.45) is 5.10 Å². The van der Waals surface area contributed by atoms with E-state index in [0.717, 1.165) is 27.6 Å². The molecule has 4 aromatic rings. The van der Waals surface area contributed by atoms with E-state index in [1.807, 2.05) is 42.6 Å². The van der Waals surface area contributed by atoms with E-state index in [4.69, 9.17) is 0 Å². The van der Waals surface area contributed by atoms with E-state index in [9.17, 15) is 9.18 Å². The van der Waals surface area contributed by atoms with Gasteiger partial charge >= 0.3 is 0 Å². The predicted molar refractivity (Wildman–Crippen MR) is 132 cm³/mol. The Kier molecular flexibility index (Phi) is 6.40. The van der Waals surface area contributed by atoms with Gasteiger partial charge < -0.3 is 4.57 Å². The number of aromatic nitrogens is 1. The molecule has 1 N–H and O–H groups in total. The zero-order valence-corrected chi connectivity index (χ0v) is 19.2. The van der Waals surface area contributed by atoms with Gasteiger partial charge in [0.25, 0.3) is 0 Å². The van der Waals surface area contributed by atoms with Gasteiger partial charge in [-0.1, -0.05) is 75.4 Å². The summed E-state index contributed by atoms with van der Waals surface area (Å²) < 4.78 is 15.3. The first-order chi connectivity index (χ1) is 15.8. The quantitative estimate of drug-likeness (QED) is 0.297. The number of para-hydroxylation sites is 1. The molecule has 1 aromatic heterocycles. The van der Waals surface area contributed by atoms with Crippen molar-refractivity contribution in [3.63, 3.8) is 0 Å². The van der Waals surface area contributed by atoms with Gasteiger partial charge in [-0.05, 0) is 40.3 Å². The summed E-state index contributed by atoms with van der Waals surface area (Å²) in [6.07, 6.45) is 3.94. The third-order valence-electron chi connectivity index (χ3n) is 5.66. The molecule has 3 aromatic carbocycles. The molecular formula is C28H28FN3O. The van der Waals surface area contributed by atoms with Crippen molar-refractivity contribution < 1.29 is 9.18 Å². The minimum atomic E-state index is -0.246. The van der Waals surface area contributed by atoms with E-state index in [1.165, 1.54) is 17.7 Å². The largest absolute Gasteiger partial charge is 0.342 e. The lowest BCUT2D eigenvalue weighted by Crippen LogP contribution is -2.20. The Balaban J connectivity index is 1.44. The Morgan fingerprint density at radius 1 is 0.970 bits per heavy atom. The summed E-state index contributed by atoms with van der Waals surface area (Å²) in [4.78, 5) is 12.4. The van der Waals surface area contributed by atoms with E-state index in [0.29, 0.717) is 6.54 Å². The predicted octanol–water partition coefficient (Wildman–Crippen LogP) is 5.82. The molecule has 0 saturated carbocycles. The molecule has 0 unspecified atom stereocenters. The van der Waals surface area contributed by atoms with E-state index in [1.54, 1.807) is 18.3 Å². The molecule has 1 amide bonds. The molecule has 4 nitrogen and oxygen atoms in total. The van der Waals surface area contributed by atoms with Crippen LogP contribution in [0.3, 0.4) is 0 Å². The van der Waals surface area contributed by atoms with Crippen LogP contribution < -0.4 is 5.43 Å². The fourth-order valence-electron chi connectivity index (χ4n) is 3.82. The molecule has 4 rings (SSSR count). The van der Waals surface area contributed by atoms with E-state index < -0.39 is 0 Å². The van der Waals surface area contributed by atoms with Crippen LogP contribution in [0.4, 0.5) is 4.39 Å². The Bertz CT molecular complexity index is 1280.